The molecule has 0 radical (unpaired) electrons. The van der Waals surface area contributed by atoms with Gasteiger partial charge in [0.05, 0.1) is 12.0 Å². The van der Waals surface area contributed by atoms with Gasteiger partial charge in [-0.3, -0.25) is 19.3 Å². The van der Waals surface area contributed by atoms with Crippen molar-refractivity contribution in [3.8, 4) is 5.75 Å². The summed E-state index contributed by atoms with van der Waals surface area (Å²) in [5, 5.41) is -0.395. The Bertz CT molecular complexity index is 736. The smallest absolute Gasteiger partial charge is 0.294 e. The maximum absolute atomic E-state index is 12.5. The third kappa shape index (κ3) is 4.09. The van der Waals surface area contributed by atoms with Gasteiger partial charge in [0.15, 0.2) is 0 Å². The lowest BCUT2D eigenvalue weighted by Crippen LogP contribution is -2.45. The maximum Gasteiger partial charge on any atom is 0.294 e. The van der Waals surface area contributed by atoms with Crippen molar-refractivity contribution in [3.05, 3.63) is 34.7 Å². The first-order valence-electron chi connectivity index (χ1n) is 8.65. The number of piperidine rings is 1. The number of carbonyl (C=O) groups excluding carboxylic acids is 3. The number of hydrogen-bond acceptors (Lipinski definition) is 5. The molecule has 0 N–H and O–H groups in total. The summed E-state index contributed by atoms with van der Waals surface area (Å²) in [5.74, 6) is 0.764. The Hall–Kier alpha value is -2.28. The molecule has 138 valence electrons. The summed E-state index contributed by atoms with van der Waals surface area (Å²) in [6, 6.07) is 7.20. The molecule has 6 nitrogen and oxygen atoms in total. The summed E-state index contributed by atoms with van der Waals surface area (Å²) < 4.78 is 5.11. The standard InChI is InChI=1S/C19H22N2O4S/c1-13-7-9-20(10-8-13)17(22)12-21-18(23)16(26-19(21)24)11-14-3-5-15(25-2)6-4-14/h3-6,11,13H,7-10,12H2,1-2H3/b16-11-. The van der Waals surface area contributed by atoms with Crippen molar-refractivity contribution < 1.29 is 19.1 Å². The van der Waals surface area contributed by atoms with Crippen LogP contribution in [0.25, 0.3) is 6.08 Å². The normalized spacial score (nSPS) is 20.2. The highest BCUT2D eigenvalue weighted by atomic mass is 32.2. The van der Waals surface area contributed by atoms with Crippen LogP contribution < -0.4 is 4.74 Å². The van der Waals surface area contributed by atoms with Gasteiger partial charge in [0.2, 0.25) is 5.91 Å². The molecule has 2 saturated heterocycles. The molecule has 3 amide bonds. The molecule has 2 heterocycles. The average Bonchev–Trinajstić information content (AvgIpc) is 2.90. The lowest BCUT2D eigenvalue weighted by atomic mass is 9.99. The Morgan fingerprint density at radius 1 is 1.23 bits per heavy atom. The van der Waals surface area contributed by atoms with Gasteiger partial charge in [-0.05, 0) is 54.3 Å². The van der Waals surface area contributed by atoms with E-state index in [0.29, 0.717) is 23.9 Å². The Labute approximate surface area is 157 Å². The zero-order valence-corrected chi connectivity index (χ0v) is 15.8. The van der Waals surface area contributed by atoms with Crippen molar-refractivity contribution in [1.29, 1.82) is 0 Å². The minimum absolute atomic E-state index is 0.162. The fourth-order valence-corrected chi connectivity index (χ4v) is 3.82. The fourth-order valence-electron chi connectivity index (χ4n) is 2.98. The summed E-state index contributed by atoms with van der Waals surface area (Å²) >= 11 is 0.872. The monoisotopic (exact) mass is 374 g/mol. The number of carbonyl (C=O) groups is 3. The van der Waals surface area contributed by atoms with Crippen LogP contribution in [0.2, 0.25) is 0 Å². The number of imide groups is 1. The molecular weight excluding hydrogens is 352 g/mol. The molecule has 26 heavy (non-hydrogen) atoms. The Balaban J connectivity index is 1.66. The Kier molecular flexibility index (Phi) is 5.66. The second kappa shape index (κ2) is 7.95. The van der Waals surface area contributed by atoms with E-state index in [-0.39, 0.29) is 12.5 Å². The third-order valence-corrected chi connectivity index (χ3v) is 5.62. The van der Waals surface area contributed by atoms with Gasteiger partial charge in [0, 0.05) is 13.1 Å². The zero-order valence-electron chi connectivity index (χ0n) is 14.9. The van der Waals surface area contributed by atoms with E-state index in [1.54, 1.807) is 30.2 Å². The van der Waals surface area contributed by atoms with Gasteiger partial charge in [0.25, 0.3) is 11.1 Å². The Morgan fingerprint density at radius 3 is 2.50 bits per heavy atom. The van der Waals surface area contributed by atoms with Crippen molar-refractivity contribution in [2.75, 3.05) is 26.7 Å². The summed E-state index contributed by atoms with van der Waals surface area (Å²) in [5.41, 5.74) is 0.799. The molecule has 1 aromatic carbocycles. The van der Waals surface area contributed by atoms with Crippen molar-refractivity contribution in [1.82, 2.24) is 9.80 Å². The van der Waals surface area contributed by atoms with Crippen LogP contribution in [0, 0.1) is 5.92 Å². The lowest BCUT2D eigenvalue weighted by Gasteiger charge is -2.31. The van der Waals surface area contributed by atoms with E-state index in [9.17, 15) is 14.4 Å². The molecule has 3 rings (SSSR count). The molecular formula is C19H22N2O4S. The molecule has 2 fully saturated rings. The molecule has 0 unspecified atom stereocenters. The number of methoxy groups -OCH3 is 1. The van der Waals surface area contributed by atoms with Crippen molar-refractivity contribution >= 4 is 34.9 Å². The number of thioether (sulfide) groups is 1. The number of amides is 3. The average molecular weight is 374 g/mol. The molecule has 1 aromatic rings. The molecule has 0 saturated carbocycles. The number of nitrogens with zero attached hydrogens (tertiary/aromatic N) is 2. The van der Waals surface area contributed by atoms with Crippen LogP contribution in [-0.4, -0.2) is 53.6 Å². The second-order valence-electron chi connectivity index (χ2n) is 6.60. The maximum atomic E-state index is 12.5. The highest BCUT2D eigenvalue weighted by Gasteiger charge is 2.37. The molecule has 2 aliphatic heterocycles. The van der Waals surface area contributed by atoms with Crippen molar-refractivity contribution in [2.24, 2.45) is 5.92 Å². The fraction of sp³-hybridized carbons (Fsp3) is 0.421. The van der Waals surface area contributed by atoms with Crippen molar-refractivity contribution in [3.63, 3.8) is 0 Å². The summed E-state index contributed by atoms with van der Waals surface area (Å²) in [7, 11) is 1.58. The summed E-state index contributed by atoms with van der Waals surface area (Å²) in [6.45, 7) is 3.37. The molecule has 0 aliphatic carbocycles. The van der Waals surface area contributed by atoms with Gasteiger partial charge in [-0.1, -0.05) is 19.1 Å². The summed E-state index contributed by atoms with van der Waals surface area (Å²) in [6.07, 6.45) is 3.59. The van der Waals surface area contributed by atoms with Crippen LogP contribution in [0.15, 0.2) is 29.2 Å². The molecule has 2 aliphatic rings. The lowest BCUT2D eigenvalue weighted by molar-refractivity contribution is -0.136. The van der Waals surface area contributed by atoms with E-state index >= 15 is 0 Å². The van der Waals surface area contributed by atoms with E-state index in [0.717, 1.165) is 40.8 Å². The number of hydrogen-bond donors (Lipinski definition) is 0. The van der Waals surface area contributed by atoms with Gasteiger partial charge >= 0.3 is 0 Å². The molecule has 7 heteroatoms. The molecule has 0 bridgehead atoms. The zero-order chi connectivity index (χ0) is 18.7. The predicted octanol–water partition coefficient (Wildman–Crippen LogP) is 2.99. The highest BCUT2D eigenvalue weighted by Crippen LogP contribution is 2.32. The highest BCUT2D eigenvalue weighted by molar-refractivity contribution is 8.18. The van der Waals surface area contributed by atoms with E-state index < -0.39 is 11.1 Å². The SMILES string of the molecule is COc1ccc(/C=C2\SC(=O)N(CC(=O)N3CCC(C)CC3)C2=O)cc1. The van der Waals surface area contributed by atoms with Crippen LogP contribution in [0.1, 0.15) is 25.3 Å². The second-order valence-corrected chi connectivity index (χ2v) is 7.60. The minimum Gasteiger partial charge on any atom is -0.497 e. The van der Waals surface area contributed by atoms with E-state index in [4.69, 9.17) is 4.74 Å². The van der Waals surface area contributed by atoms with Crippen LogP contribution in [0.5, 0.6) is 5.75 Å². The van der Waals surface area contributed by atoms with Gasteiger partial charge in [0.1, 0.15) is 12.3 Å². The Morgan fingerprint density at radius 2 is 1.88 bits per heavy atom. The van der Waals surface area contributed by atoms with Crippen molar-refractivity contribution in [2.45, 2.75) is 19.8 Å². The van der Waals surface area contributed by atoms with Gasteiger partial charge in [-0.2, -0.15) is 0 Å². The van der Waals surface area contributed by atoms with Crippen LogP contribution in [0.4, 0.5) is 4.79 Å². The molecule has 0 aromatic heterocycles. The first-order chi connectivity index (χ1) is 12.5. The first kappa shape index (κ1) is 18.5. The predicted molar refractivity (Wildman–Crippen MR) is 101 cm³/mol. The largest absolute Gasteiger partial charge is 0.497 e. The molecule has 0 spiro atoms. The van der Waals surface area contributed by atoms with Crippen LogP contribution in [-0.2, 0) is 9.59 Å². The summed E-state index contributed by atoms with van der Waals surface area (Å²) in [4.78, 5) is 40.3. The van der Waals surface area contributed by atoms with Crippen LogP contribution in [0.3, 0.4) is 0 Å². The van der Waals surface area contributed by atoms with Gasteiger partial charge in [-0.25, -0.2) is 0 Å². The van der Waals surface area contributed by atoms with Gasteiger partial charge in [-0.15, -0.1) is 0 Å². The van der Waals surface area contributed by atoms with Crippen LogP contribution >= 0.6 is 11.8 Å². The number of likely N-dealkylation sites (tertiary alicyclic amines) is 1. The van der Waals surface area contributed by atoms with E-state index in [1.807, 2.05) is 12.1 Å². The first-order valence-corrected chi connectivity index (χ1v) is 9.47. The molecule has 0 atom stereocenters. The minimum atomic E-state index is -0.408. The number of rotatable bonds is 4. The quantitative estimate of drug-likeness (QED) is 0.758. The van der Waals surface area contributed by atoms with Gasteiger partial charge < -0.3 is 9.64 Å². The third-order valence-electron chi connectivity index (χ3n) is 4.72. The number of benzene rings is 1. The van der Waals surface area contributed by atoms with E-state index in [1.165, 1.54) is 0 Å². The number of ether oxygens (including phenoxy) is 1. The topological polar surface area (TPSA) is 66.9 Å². The van der Waals surface area contributed by atoms with E-state index in [2.05, 4.69) is 6.92 Å².